The van der Waals surface area contributed by atoms with Crippen LogP contribution >= 0.6 is 0 Å². The quantitative estimate of drug-likeness (QED) is 0.755. The van der Waals surface area contributed by atoms with Crippen molar-refractivity contribution >= 4 is 5.91 Å². The molecule has 1 rings (SSSR count). The van der Waals surface area contributed by atoms with E-state index in [4.69, 9.17) is 9.47 Å². The van der Waals surface area contributed by atoms with Gasteiger partial charge in [-0.1, -0.05) is 0 Å². The van der Waals surface area contributed by atoms with Crippen molar-refractivity contribution in [1.29, 1.82) is 0 Å². The summed E-state index contributed by atoms with van der Waals surface area (Å²) in [6.45, 7) is 3.81. The highest BCUT2D eigenvalue weighted by Crippen LogP contribution is 2.05. The van der Waals surface area contributed by atoms with Gasteiger partial charge in [-0.25, -0.2) is 0 Å². The van der Waals surface area contributed by atoms with Crippen LogP contribution in [0.5, 0.6) is 0 Å². The van der Waals surface area contributed by atoms with Crippen LogP contribution in [-0.4, -0.2) is 43.2 Å². The first kappa shape index (κ1) is 13.5. The van der Waals surface area contributed by atoms with E-state index in [0.717, 1.165) is 0 Å². The number of carbonyl (C=O) groups excluding carboxylic acids is 1. The minimum absolute atomic E-state index is 0.209. The van der Waals surface area contributed by atoms with E-state index in [0.29, 0.717) is 17.0 Å². The number of nitrogens with zero attached hydrogens (tertiary/aromatic N) is 2. The molecule has 0 aliphatic carbocycles. The van der Waals surface area contributed by atoms with Crippen molar-refractivity contribution in [2.24, 2.45) is 0 Å². The molecule has 0 bridgehead atoms. The number of carbonyl (C=O) groups is 1. The lowest BCUT2D eigenvalue weighted by Crippen LogP contribution is -2.34. The molecule has 1 heterocycles. The zero-order valence-corrected chi connectivity index (χ0v) is 10.5. The average Bonchev–Trinajstić information content (AvgIpc) is 2.33. The highest BCUT2D eigenvalue weighted by Gasteiger charge is 2.13. The Labute approximate surface area is 100 Å². The lowest BCUT2D eigenvalue weighted by Gasteiger charge is -2.14. The molecular weight excluding hydrogens is 222 g/mol. The number of amides is 1. The topological polar surface area (TPSA) is 73.3 Å². The van der Waals surface area contributed by atoms with E-state index in [1.807, 2.05) is 0 Å². The van der Waals surface area contributed by atoms with Gasteiger partial charge in [0.2, 0.25) is 0 Å². The summed E-state index contributed by atoms with van der Waals surface area (Å²) in [5.74, 6) is -0.209. The molecule has 0 atom stereocenters. The molecule has 0 saturated heterocycles. The second-order valence-corrected chi connectivity index (χ2v) is 3.60. The summed E-state index contributed by atoms with van der Waals surface area (Å²) in [5, 5.41) is 10.5. The van der Waals surface area contributed by atoms with Crippen molar-refractivity contribution in [2.45, 2.75) is 20.1 Å². The SMILES string of the molecule is COC(CNC(=O)c1cc(C)nnc1C)OC. The normalized spacial score (nSPS) is 10.6. The highest BCUT2D eigenvalue weighted by molar-refractivity contribution is 5.95. The Bertz CT molecular complexity index is 392. The van der Waals surface area contributed by atoms with E-state index in [-0.39, 0.29) is 12.5 Å². The molecule has 1 amide bonds. The summed E-state index contributed by atoms with van der Waals surface area (Å²) in [7, 11) is 3.04. The van der Waals surface area contributed by atoms with Crippen molar-refractivity contribution < 1.29 is 14.3 Å². The summed E-state index contributed by atoms with van der Waals surface area (Å²) in [6.07, 6.45) is -0.449. The Balaban J connectivity index is 2.66. The van der Waals surface area contributed by atoms with Crippen LogP contribution in [0.25, 0.3) is 0 Å². The maximum atomic E-state index is 11.9. The third-order valence-corrected chi connectivity index (χ3v) is 2.30. The lowest BCUT2D eigenvalue weighted by molar-refractivity contribution is -0.0974. The Morgan fingerprint density at radius 1 is 1.35 bits per heavy atom. The number of aryl methyl sites for hydroxylation is 2. The number of methoxy groups -OCH3 is 2. The lowest BCUT2D eigenvalue weighted by atomic mass is 10.2. The van der Waals surface area contributed by atoms with Gasteiger partial charge in [0.15, 0.2) is 6.29 Å². The third-order valence-electron chi connectivity index (χ3n) is 2.30. The molecule has 1 N–H and O–H groups in total. The fourth-order valence-corrected chi connectivity index (χ4v) is 1.31. The molecule has 1 aromatic heterocycles. The monoisotopic (exact) mass is 239 g/mol. The van der Waals surface area contributed by atoms with Crippen molar-refractivity contribution in [3.8, 4) is 0 Å². The van der Waals surface area contributed by atoms with Crippen LogP contribution in [0.3, 0.4) is 0 Å². The van der Waals surface area contributed by atoms with Crippen molar-refractivity contribution in [2.75, 3.05) is 20.8 Å². The van der Waals surface area contributed by atoms with Crippen LogP contribution in [0.4, 0.5) is 0 Å². The average molecular weight is 239 g/mol. The molecule has 0 aromatic carbocycles. The summed E-state index contributed by atoms with van der Waals surface area (Å²) >= 11 is 0. The molecule has 17 heavy (non-hydrogen) atoms. The molecule has 0 radical (unpaired) electrons. The fourth-order valence-electron chi connectivity index (χ4n) is 1.31. The van der Waals surface area contributed by atoms with E-state index in [9.17, 15) is 4.79 Å². The van der Waals surface area contributed by atoms with E-state index in [2.05, 4.69) is 15.5 Å². The first-order valence-electron chi connectivity index (χ1n) is 5.23. The third kappa shape index (κ3) is 3.76. The molecular formula is C11H17N3O3. The molecule has 0 fully saturated rings. The molecule has 0 aliphatic heterocycles. The van der Waals surface area contributed by atoms with Gasteiger partial charge in [-0.3, -0.25) is 4.79 Å². The number of nitrogens with one attached hydrogen (secondary N) is 1. The van der Waals surface area contributed by atoms with Gasteiger partial charge in [0, 0.05) is 14.2 Å². The van der Waals surface area contributed by atoms with Gasteiger partial charge in [0.05, 0.1) is 23.5 Å². The van der Waals surface area contributed by atoms with E-state index >= 15 is 0 Å². The molecule has 0 unspecified atom stereocenters. The molecule has 0 saturated carbocycles. The number of aromatic nitrogens is 2. The molecule has 0 aliphatic rings. The number of rotatable bonds is 5. The van der Waals surface area contributed by atoms with Gasteiger partial charge in [-0.05, 0) is 19.9 Å². The Morgan fingerprint density at radius 2 is 2.00 bits per heavy atom. The summed E-state index contributed by atoms with van der Waals surface area (Å²) in [5.41, 5.74) is 1.82. The van der Waals surface area contributed by atoms with Gasteiger partial charge >= 0.3 is 0 Å². The zero-order chi connectivity index (χ0) is 12.8. The van der Waals surface area contributed by atoms with Gasteiger partial charge in [-0.2, -0.15) is 10.2 Å². The van der Waals surface area contributed by atoms with Crippen LogP contribution in [0, 0.1) is 13.8 Å². The zero-order valence-electron chi connectivity index (χ0n) is 10.5. The maximum absolute atomic E-state index is 11.9. The van der Waals surface area contributed by atoms with Crippen LogP contribution in [0.1, 0.15) is 21.7 Å². The Kier molecular flexibility index (Phi) is 4.99. The predicted octanol–water partition coefficient (Wildman–Crippen LogP) is 0.442. The predicted molar refractivity (Wildman–Crippen MR) is 61.6 cm³/mol. The number of hydrogen-bond acceptors (Lipinski definition) is 5. The minimum atomic E-state index is -0.449. The second-order valence-electron chi connectivity index (χ2n) is 3.60. The van der Waals surface area contributed by atoms with Crippen molar-refractivity contribution in [1.82, 2.24) is 15.5 Å². The van der Waals surface area contributed by atoms with Crippen LogP contribution in [-0.2, 0) is 9.47 Å². The van der Waals surface area contributed by atoms with E-state index < -0.39 is 6.29 Å². The van der Waals surface area contributed by atoms with Gasteiger partial charge in [0.25, 0.3) is 5.91 Å². The summed E-state index contributed by atoms with van der Waals surface area (Å²) < 4.78 is 9.95. The highest BCUT2D eigenvalue weighted by atomic mass is 16.7. The maximum Gasteiger partial charge on any atom is 0.253 e. The summed E-state index contributed by atoms with van der Waals surface area (Å²) in [6, 6.07) is 1.70. The van der Waals surface area contributed by atoms with Gasteiger partial charge in [-0.15, -0.1) is 0 Å². The fraction of sp³-hybridized carbons (Fsp3) is 0.545. The molecule has 1 aromatic rings. The van der Waals surface area contributed by atoms with Crippen LogP contribution in [0.15, 0.2) is 6.07 Å². The van der Waals surface area contributed by atoms with Crippen LogP contribution in [0.2, 0.25) is 0 Å². The second kappa shape index (κ2) is 6.27. The van der Waals surface area contributed by atoms with Crippen molar-refractivity contribution in [3.63, 3.8) is 0 Å². The first-order valence-corrected chi connectivity index (χ1v) is 5.23. The molecule has 6 heteroatoms. The largest absolute Gasteiger partial charge is 0.354 e. The van der Waals surface area contributed by atoms with E-state index in [1.165, 1.54) is 14.2 Å². The van der Waals surface area contributed by atoms with E-state index in [1.54, 1.807) is 19.9 Å². The first-order chi connectivity index (χ1) is 8.08. The van der Waals surface area contributed by atoms with Crippen LogP contribution < -0.4 is 5.32 Å². The number of ether oxygens (including phenoxy) is 2. The Hall–Kier alpha value is -1.53. The standard InChI is InChI=1S/C11H17N3O3/c1-7-5-9(8(2)14-13-7)11(15)12-6-10(16-3)17-4/h5,10H,6H2,1-4H3,(H,12,15). The smallest absolute Gasteiger partial charge is 0.253 e. The van der Waals surface area contributed by atoms with Gasteiger partial charge < -0.3 is 14.8 Å². The molecule has 0 spiro atoms. The van der Waals surface area contributed by atoms with Crippen molar-refractivity contribution in [3.05, 3.63) is 23.0 Å². The molecule has 6 nitrogen and oxygen atoms in total. The molecule has 94 valence electrons. The minimum Gasteiger partial charge on any atom is -0.354 e. The summed E-state index contributed by atoms with van der Waals surface area (Å²) in [4.78, 5) is 11.9. The Morgan fingerprint density at radius 3 is 2.59 bits per heavy atom. The number of hydrogen-bond donors (Lipinski definition) is 1. The van der Waals surface area contributed by atoms with Gasteiger partial charge in [0.1, 0.15) is 0 Å².